The van der Waals surface area contributed by atoms with Gasteiger partial charge < -0.3 is 19.5 Å². The van der Waals surface area contributed by atoms with Crippen molar-refractivity contribution in [3.05, 3.63) is 122 Å². The predicted molar refractivity (Wildman–Crippen MR) is 179 cm³/mol. The lowest BCUT2D eigenvalue weighted by molar-refractivity contribution is -0.133. The van der Waals surface area contributed by atoms with Gasteiger partial charge in [-0.2, -0.15) is 0 Å². The Kier molecular flexibility index (Phi) is 9.36. The van der Waals surface area contributed by atoms with Gasteiger partial charge >= 0.3 is 0 Å². The first-order valence-electron chi connectivity index (χ1n) is 15.7. The van der Waals surface area contributed by atoms with E-state index in [9.17, 15) is 14.4 Å². The molecule has 3 aromatic carbocycles. The van der Waals surface area contributed by atoms with Crippen molar-refractivity contribution in [1.29, 1.82) is 0 Å². The molecule has 2 fully saturated rings. The number of hydrogen-bond donors (Lipinski definition) is 1. The Labute approximate surface area is 268 Å². The lowest BCUT2D eigenvalue weighted by Crippen LogP contribution is -2.37. The van der Waals surface area contributed by atoms with Crippen LogP contribution in [-0.4, -0.2) is 42.4 Å². The fourth-order valence-electron chi connectivity index (χ4n) is 6.32. The van der Waals surface area contributed by atoms with Gasteiger partial charge in [-0.3, -0.25) is 14.4 Å². The Morgan fingerprint density at radius 1 is 0.956 bits per heavy atom. The van der Waals surface area contributed by atoms with E-state index in [0.29, 0.717) is 35.4 Å². The number of likely N-dealkylation sites (tertiary alicyclic amines) is 1. The molecule has 2 amide bonds. The van der Waals surface area contributed by atoms with Crippen LogP contribution in [0.5, 0.6) is 0 Å². The number of nitrogens with zero attached hydrogens (tertiary/aromatic N) is 2. The highest BCUT2D eigenvalue weighted by Crippen LogP contribution is 2.28. The number of carbonyl (C=O) groups excluding carboxylic acids is 2. The third-order valence-electron chi connectivity index (χ3n) is 8.75. The molecule has 0 saturated carbocycles. The van der Waals surface area contributed by atoms with E-state index in [1.165, 1.54) is 22.9 Å². The molecule has 2 aliphatic heterocycles. The van der Waals surface area contributed by atoms with E-state index in [1.807, 2.05) is 48.2 Å². The Balaban J connectivity index is 1.18. The minimum Gasteiger partial charge on any atom is -0.451 e. The summed E-state index contributed by atoms with van der Waals surface area (Å²) in [6.07, 6.45) is 7.12. The SMILES string of the molecule is Cc1ccc2oc(C(=O)N[C@H](C=C3CCN(c4ccccc4CN4CCCCC4=O)CC3)Cc3ccc(Cl)cc3)cc(=O)c2c1. The molecule has 3 heterocycles. The highest BCUT2D eigenvalue weighted by molar-refractivity contribution is 6.30. The fourth-order valence-corrected chi connectivity index (χ4v) is 6.45. The van der Waals surface area contributed by atoms with E-state index >= 15 is 0 Å². The average molecular weight is 624 g/mol. The smallest absolute Gasteiger partial charge is 0.287 e. The van der Waals surface area contributed by atoms with Crippen molar-refractivity contribution in [2.45, 2.75) is 58.0 Å². The van der Waals surface area contributed by atoms with Gasteiger partial charge in [-0.15, -0.1) is 0 Å². The lowest BCUT2D eigenvalue weighted by Gasteiger charge is -2.34. The van der Waals surface area contributed by atoms with Crippen LogP contribution in [0.2, 0.25) is 5.02 Å². The van der Waals surface area contributed by atoms with Crippen molar-refractivity contribution < 1.29 is 14.0 Å². The molecule has 0 unspecified atom stereocenters. The number of rotatable bonds is 8. The van der Waals surface area contributed by atoms with Gasteiger partial charge in [0, 0.05) is 49.4 Å². The van der Waals surface area contributed by atoms with Gasteiger partial charge in [0.1, 0.15) is 5.58 Å². The number of amides is 2. The minimum absolute atomic E-state index is 0.00512. The number of benzene rings is 3. The van der Waals surface area contributed by atoms with Crippen molar-refractivity contribution in [1.82, 2.24) is 10.2 Å². The second kappa shape index (κ2) is 13.7. The Bertz CT molecular complexity index is 1790. The fraction of sp³-hybridized carbons (Fsp3) is 0.324. The van der Waals surface area contributed by atoms with Crippen LogP contribution in [0.4, 0.5) is 5.69 Å². The van der Waals surface area contributed by atoms with Crippen molar-refractivity contribution in [3.63, 3.8) is 0 Å². The average Bonchev–Trinajstić information content (AvgIpc) is 3.04. The summed E-state index contributed by atoms with van der Waals surface area (Å²) in [5.41, 5.74) is 5.77. The zero-order valence-electron chi connectivity index (χ0n) is 25.6. The quantitative estimate of drug-likeness (QED) is 0.217. The Morgan fingerprint density at radius 2 is 1.73 bits per heavy atom. The van der Waals surface area contributed by atoms with Crippen LogP contribution in [0.3, 0.4) is 0 Å². The van der Waals surface area contributed by atoms with Gasteiger partial charge in [0.2, 0.25) is 5.91 Å². The molecular formula is C37H38ClN3O4. The predicted octanol–water partition coefficient (Wildman–Crippen LogP) is 6.84. The van der Waals surface area contributed by atoms with Gasteiger partial charge in [0.05, 0.1) is 11.4 Å². The second-order valence-corrected chi connectivity index (χ2v) is 12.5. The van der Waals surface area contributed by atoms with E-state index < -0.39 is 5.91 Å². The maximum absolute atomic E-state index is 13.4. The van der Waals surface area contributed by atoms with Crippen LogP contribution < -0.4 is 15.6 Å². The van der Waals surface area contributed by atoms with E-state index in [1.54, 1.807) is 12.1 Å². The van der Waals surface area contributed by atoms with Crippen LogP contribution >= 0.6 is 11.6 Å². The van der Waals surface area contributed by atoms with E-state index in [0.717, 1.165) is 56.4 Å². The summed E-state index contributed by atoms with van der Waals surface area (Å²) in [5, 5.41) is 4.23. The number of piperidine rings is 2. The number of halogens is 1. The summed E-state index contributed by atoms with van der Waals surface area (Å²) < 4.78 is 5.87. The normalized spacial score (nSPS) is 16.1. The summed E-state index contributed by atoms with van der Waals surface area (Å²) in [6.45, 7) is 5.07. The molecule has 8 heteroatoms. The van der Waals surface area contributed by atoms with Crippen LogP contribution in [0.1, 0.15) is 59.3 Å². The molecule has 7 nitrogen and oxygen atoms in total. The molecule has 2 saturated heterocycles. The number of carbonyl (C=O) groups is 2. The highest BCUT2D eigenvalue weighted by atomic mass is 35.5. The Hall–Kier alpha value is -4.36. The van der Waals surface area contributed by atoms with E-state index in [2.05, 4.69) is 34.5 Å². The standard InChI is InChI=1S/C37H38ClN3O4/c1-25-9-14-34-31(20-25)33(42)23-35(45-34)37(44)39-30(21-26-10-12-29(38)13-11-26)22-27-15-18-40(19-16-27)32-7-3-2-6-28(32)24-41-17-5-4-8-36(41)43/h2-3,6-7,9-14,20,22-23,30H,4-5,8,15-19,21,24H2,1H3,(H,39,44)/t30-/m0/s1. The molecular weight excluding hydrogens is 586 g/mol. The molecule has 2 aliphatic rings. The van der Waals surface area contributed by atoms with Crippen molar-refractivity contribution in [3.8, 4) is 0 Å². The first-order chi connectivity index (χ1) is 21.8. The maximum atomic E-state index is 13.4. The third kappa shape index (κ3) is 7.48. The van der Waals surface area contributed by atoms with E-state index in [4.69, 9.17) is 16.0 Å². The third-order valence-corrected chi connectivity index (χ3v) is 9.00. The molecule has 0 aliphatic carbocycles. The molecule has 0 radical (unpaired) electrons. The lowest BCUT2D eigenvalue weighted by atomic mass is 9.97. The van der Waals surface area contributed by atoms with Gasteiger partial charge in [-0.1, -0.05) is 65.2 Å². The van der Waals surface area contributed by atoms with Crippen LogP contribution in [0.25, 0.3) is 11.0 Å². The van der Waals surface area contributed by atoms with Gasteiger partial charge in [0.15, 0.2) is 11.2 Å². The summed E-state index contributed by atoms with van der Waals surface area (Å²) in [6, 6.07) is 22.3. The van der Waals surface area contributed by atoms with Gasteiger partial charge in [-0.05, 0) is 80.5 Å². The number of aryl methyl sites for hydroxylation is 1. The van der Waals surface area contributed by atoms with Gasteiger partial charge in [-0.25, -0.2) is 0 Å². The summed E-state index contributed by atoms with van der Waals surface area (Å²) in [7, 11) is 0. The van der Waals surface area contributed by atoms with E-state index in [-0.39, 0.29) is 23.1 Å². The van der Waals surface area contributed by atoms with Crippen molar-refractivity contribution >= 4 is 40.1 Å². The zero-order chi connectivity index (χ0) is 31.3. The maximum Gasteiger partial charge on any atom is 0.287 e. The molecule has 1 atom stereocenters. The monoisotopic (exact) mass is 623 g/mol. The highest BCUT2D eigenvalue weighted by Gasteiger charge is 2.23. The molecule has 45 heavy (non-hydrogen) atoms. The molecule has 0 spiro atoms. The second-order valence-electron chi connectivity index (χ2n) is 12.1. The summed E-state index contributed by atoms with van der Waals surface area (Å²) in [4.78, 5) is 43.1. The molecule has 0 bridgehead atoms. The number of hydrogen-bond acceptors (Lipinski definition) is 5. The molecule has 6 rings (SSSR count). The number of para-hydroxylation sites is 1. The van der Waals surface area contributed by atoms with Gasteiger partial charge in [0.25, 0.3) is 5.91 Å². The number of anilines is 1. The molecule has 232 valence electrons. The van der Waals surface area contributed by atoms with Crippen LogP contribution in [0, 0.1) is 6.92 Å². The topological polar surface area (TPSA) is 82.9 Å². The minimum atomic E-state index is -0.427. The number of nitrogens with one attached hydrogen (secondary N) is 1. The molecule has 1 aromatic heterocycles. The summed E-state index contributed by atoms with van der Waals surface area (Å²) in [5.74, 6) is -0.190. The summed E-state index contributed by atoms with van der Waals surface area (Å²) >= 11 is 6.13. The van der Waals surface area contributed by atoms with Crippen LogP contribution in [0.15, 0.2) is 93.7 Å². The Morgan fingerprint density at radius 3 is 2.51 bits per heavy atom. The first-order valence-corrected chi connectivity index (χ1v) is 16.1. The first kappa shape index (κ1) is 30.7. The number of fused-ring (bicyclic) bond motifs is 1. The molecule has 1 N–H and O–H groups in total. The molecule has 4 aromatic rings. The van der Waals surface area contributed by atoms with Crippen molar-refractivity contribution in [2.75, 3.05) is 24.5 Å². The largest absolute Gasteiger partial charge is 0.451 e. The van der Waals surface area contributed by atoms with Crippen LogP contribution in [-0.2, 0) is 17.8 Å². The zero-order valence-corrected chi connectivity index (χ0v) is 26.3. The van der Waals surface area contributed by atoms with Crippen molar-refractivity contribution in [2.24, 2.45) is 0 Å².